The van der Waals surface area contributed by atoms with Crippen LogP contribution in [0.5, 0.6) is 5.75 Å². The van der Waals surface area contributed by atoms with E-state index in [0.717, 1.165) is 17.3 Å². The topological polar surface area (TPSA) is 98.5 Å². The van der Waals surface area contributed by atoms with E-state index < -0.39 is 9.84 Å². The molecule has 0 fully saturated rings. The molecule has 10 heteroatoms. The van der Waals surface area contributed by atoms with E-state index in [1.165, 1.54) is 31.4 Å². The number of sulfone groups is 1. The first kappa shape index (κ1) is 24.8. The molecule has 0 unspecified atom stereocenters. The zero-order valence-corrected chi connectivity index (χ0v) is 21.2. The molecule has 1 heterocycles. The van der Waals surface area contributed by atoms with Gasteiger partial charge >= 0.3 is 0 Å². The second-order valence-corrected chi connectivity index (χ2v) is 10.7. The van der Waals surface area contributed by atoms with Crippen LogP contribution in [-0.2, 0) is 14.6 Å². The number of rotatable bonds is 8. The molecule has 3 aromatic carbocycles. The number of oxazole rings is 1. The molecule has 7 nitrogen and oxygen atoms in total. The predicted molar refractivity (Wildman–Crippen MR) is 136 cm³/mol. The van der Waals surface area contributed by atoms with Gasteiger partial charge in [0.1, 0.15) is 5.75 Å². The molecule has 0 aliphatic rings. The van der Waals surface area contributed by atoms with Crippen LogP contribution in [0.3, 0.4) is 0 Å². The Kier molecular flexibility index (Phi) is 7.49. The van der Waals surface area contributed by atoms with Crippen molar-refractivity contribution in [1.29, 1.82) is 0 Å². The second-order valence-electron chi connectivity index (χ2n) is 7.47. The summed E-state index contributed by atoms with van der Waals surface area (Å²) in [6.07, 6.45) is 0. The standard InChI is InChI=1S/C25H21ClN2O5S2/c1-16-7-9-17(10-8-16)23-28-24(35(30,31)19-13-11-18(26)12-14-19)25(33-23)34-15-22(29)27-20-5-3-4-6-21(20)32-2/h3-14H,15H2,1-2H3,(H,27,29). The SMILES string of the molecule is COc1ccccc1NC(=O)CSc1oc(-c2ccc(C)cc2)nc1S(=O)(=O)c1ccc(Cl)cc1. The molecular formula is C25H21ClN2O5S2. The number of aromatic nitrogens is 1. The fourth-order valence-corrected chi connectivity index (χ4v) is 5.62. The average molecular weight is 529 g/mol. The summed E-state index contributed by atoms with van der Waals surface area (Å²) in [7, 11) is -2.53. The van der Waals surface area contributed by atoms with Crippen molar-refractivity contribution in [2.75, 3.05) is 18.2 Å². The lowest BCUT2D eigenvalue weighted by molar-refractivity contribution is -0.113. The third-order valence-corrected chi connectivity index (χ3v) is 7.96. The van der Waals surface area contributed by atoms with Crippen LogP contribution in [0.4, 0.5) is 5.69 Å². The molecule has 4 rings (SSSR count). The van der Waals surface area contributed by atoms with E-state index in [9.17, 15) is 13.2 Å². The van der Waals surface area contributed by atoms with Crippen LogP contribution in [0.1, 0.15) is 5.56 Å². The fourth-order valence-electron chi connectivity index (χ4n) is 3.16. The molecule has 0 spiro atoms. The highest BCUT2D eigenvalue weighted by Crippen LogP contribution is 2.35. The van der Waals surface area contributed by atoms with Crippen molar-refractivity contribution < 1.29 is 22.4 Å². The first-order chi connectivity index (χ1) is 16.8. The van der Waals surface area contributed by atoms with Gasteiger partial charge in [-0.3, -0.25) is 4.79 Å². The number of amides is 1. The molecule has 0 radical (unpaired) electrons. The Morgan fingerprint density at radius 1 is 1.06 bits per heavy atom. The van der Waals surface area contributed by atoms with Crippen LogP contribution in [-0.4, -0.2) is 32.2 Å². The minimum absolute atomic E-state index is 0.0192. The van der Waals surface area contributed by atoms with Crippen molar-refractivity contribution in [1.82, 2.24) is 4.98 Å². The van der Waals surface area contributed by atoms with Crippen LogP contribution in [0.15, 0.2) is 92.2 Å². The molecule has 0 saturated carbocycles. The van der Waals surface area contributed by atoms with Gasteiger partial charge in [-0.05, 0) is 55.5 Å². The highest BCUT2D eigenvalue weighted by molar-refractivity contribution is 8.00. The van der Waals surface area contributed by atoms with Crippen LogP contribution < -0.4 is 10.1 Å². The van der Waals surface area contributed by atoms with Crippen LogP contribution in [0.2, 0.25) is 5.02 Å². The molecule has 0 saturated heterocycles. The first-order valence-corrected chi connectivity index (χ1v) is 13.3. The van der Waals surface area contributed by atoms with Crippen molar-refractivity contribution in [2.45, 2.75) is 21.9 Å². The lowest BCUT2D eigenvalue weighted by Crippen LogP contribution is -2.15. The minimum Gasteiger partial charge on any atom is -0.495 e. The van der Waals surface area contributed by atoms with Gasteiger partial charge < -0.3 is 14.5 Å². The number of thioether (sulfide) groups is 1. The maximum Gasteiger partial charge on any atom is 0.234 e. The van der Waals surface area contributed by atoms with E-state index in [-0.39, 0.29) is 32.6 Å². The molecule has 0 aliphatic heterocycles. The van der Waals surface area contributed by atoms with Crippen molar-refractivity contribution in [3.05, 3.63) is 83.4 Å². The monoisotopic (exact) mass is 528 g/mol. The van der Waals surface area contributed by atoms with Crippen molar-refractivity contribution in [3.8, 4) is 17.2 Å². The summed E-state index contributed by atoms with van der Waals surface area (Å²) in [4.78, 5) is 17.0. The Morgan fingerprint density at radius 3 is 2.43 bits per heavy atom. The normalized spacial score (nSPS) is 11.3. The van der Waals surface area contributed by atoms with Crippen LogP contribution >= 0.6 is 23.4 Å². The van der Waals surface area contributed by atoms with Crippen molar-refractivity contribution in [2.24, 2.45) is 0 Å². The number of hydrogen-bond donors (Lipinski definition) is 1. The molecule has 0 aliphatic carbocycles. The molecule has 1 amide bonds. The summed E-state index contributed by atoms with van der Waals surface area (Å²) >= 11 is 6.87. The quantitative estimate of drug-likeness (QED) is 0.285. The van der Waals surface area contributed by atoms with Gasteiger partial charge in [0.05, 0.1) is 23.4 Å². The summed E-state index contributed by atoms with van der Waals surface area (Å²) < 4.78 is 37.9. The van der Waals surface area contributed by atoms with E-state index in [1.807, 2.05) is 19.1 Å². The van der Waals surface area contributed by atoms with Crippen molar-refractivity contribution >= 4 is 44.8 Å². The molecule has 0 atom stereocenters. The number of anilines is 1. The third kappa shape index (κ3) is 5.70. The zero-order chi connectivity index (χ0) is 25.0. The summed E-state index contributed by atoms with van der Waals surface area (Å²) in [5.41, 5.74) is 2.16. The number of aryl methyl sites for hydroxylation is 1. The number of hydrogen-bond acceptors (Lipinski definition) is 7. The molecule has 35 heavy (non-hydrogen) atoms. The molecule has 1 aromatic heterocycles. The van der Waals surface area contributed by atoms with Gasteiger partial charge in [-0.15, -0.1) is 0 Å². The third-order valence-electron chi connectivity index (χ3n) is 4.96. The number of para-hydroxylation sites is 2. The molecular weight excluding hydrogens is 508 g/mol. The zero-order valence-electron chi connectivity index (χ0n) is 18.8. The van der Waals surface area contributed by atoms with E-state index in [0.29, 0.717) is 22.0 Å². The van der Waals surface area contributed by atoms with Gasteiger partial charge in [-0.1, -0.05) is 53.2 Å². The summed E-state index contributed by atoms with van der Waals surface area (Å²) in [6.45, 7) is 1.94. The summed E-state index contributed by atoms with van der Waals surface area (Å²) in [5.74, 6) is 0.190. The number of benzene rings is 3. The van der Waals surface area contributed by atoms with Gasteiger partial charge in [0.25, 0.3) is 0 Å². The molecule has 1 N–H and O–H groups in total. The van der Waals surface area contributed by atoms with E-state index >= 15 is 0 Å². The predicted octanol–water partition coefficient (Wildman–Crippen LogP) is 5.88. The fraction of sp³-hybridized carbons (Fsp3) is 0.120. The number of methoxy groups -OCH3 is 1. The van der Waals surface area contributed by atoms with Crippen LogP contribution in [0.25, 0.3) is 11.5 Å². The first-order valence-electron chi connectivity index (χ1n) is 10.4. The average Bonchev–Trinajstić information content (AvgIpc) is 3.29. The number of carbonyl (C=O) groups is 1. The van der Waals surface area contributed by atoms with Crippen LogP contribution in [0, 0.1) is 6.92 Å². The number of nitrogens with one attached hydrogen (secondary N) is 1. The Hall–Kier alpha value is -3.27. The van der Waals surface area contributed by atoms with Gasteiger partial charge in [-0.25, -0.2) is 8.42 Å². The Balaban J connectivity index is 1.65. The molecule has 4 aromatic rings. The van der Waals surface area contributed by atoms with E-state index in [2.05, 4.69) is 10.3 Å². The van der Waals surface area contributed by atoms with Gasteiger partial charge in [0, 0.05) is 10.6 Å². The summed E-state index contributed by atoms with van der Waals surface area (Å²) in [5, 5.41) is 2.93. The number of nitrogens with zero attached hydrogens (tertiary/aromatic N) is 1. The summed E-state index contributed by atoms with van der Waals surface area (Å²) in [6, 6.07) is 20.1. The smallest absolute Gasteiger partial charge is 0.234 e. The molecule has 180 valence electrons. The number of ether oxygens (including phenoxy) is 1. The largest absolute Gasteiger partial charge is 0.495 e. The lowest BCUT2D eigenvalue weighted by Gasteiger charge is -2.09. The van der Waals surface area contributed by atoms with Crippen molar-refractivity contribution in [3.63, 3.8) is 0 Å². The Labute approximate surface area is 212 Å². The number of halogens is 1. The van der Waals surface area contributed by atoms with E-state index in [4.69, 9.17) is 20.8 Å². The molecule has 0 bridgehead atoms. The number of carbonyl (C=O) groups excluding carboxylic acids is 1. The maximum atomic E-state index is 13.4. The Morgan fingerprint density at radius 2 is 1.74 bits per heavy atom. The maximum absolute atomic E-state index is 13.4. The lowest BCUT2D eigenvalue weighted by atomic mass is 10.1. The highest BCUT2D eigenvalue weighted by Gasteiger charge is 2.29. The van der Waals surface area contributed by atoms with E-state index in [1.54, 1.807) is 36.4 Å². The Bertz CT molecular complexity index is 1450. The highest BCUT2D eigenvalue weighted by atomic mass is 35.5. The van der Waals surface area contributed by atoms with Gasteiger partial charge in [0.15, 0.2) is 0 Å². The minimum atomic E-state index is -4.04. The van der Waals surface area contributed by atoms with Gasteiger partial charge in [-0.2, -0.15) is 4.98 Å². The van der Waals surface area contributed by atoms with Gasteiger partial charge in [0.2, 0.25) is 31.8 Å². The second kappa shape index (κ2) is 10.6.